The summed E-state index contributed by atoms with van der Waals surface area (Å²) in [7, 11) is 5.94. The van der Waals surface area contributed by atoms with Gasteiger partial charge in [-0.05, 0) is 38.3 Å². The molecule has 1 unspecified atom stereocenters. The third-order valence-corrected chi connectivity index (χ3v) is 3.98. The van der Waals surface area contributed by atoms with Crippen LogP contribution in [0.2, 0.25) is 0 Å². The summed E-state index contributed by atoms with van der Waals surface area (Å²) in [4.78, 5) is 2.22. The zero-order chi connectivity index (χ0) is 14.1. The van der Waals surface area contributed by atoms with Crippen LogP contribution in [-0.2, 0) is 0 Å². The van der Waals surface area contributed by atoms with E-state index in [4.69, 9.17) is 4.74 Å². The molecule has 1 aromatic carbocycles. The van der Waals surface area contributed by atoms with Crippen molar-refractivity contribution in [3.63, 3.8) is 0 Å². The van der Waals surface area contributed by atoms with E-state index in [-0.39, 0.29) is 0 Å². The fourth-order valence-corrected chi connectivity index (χ4v) is 3.01. The van der Waals surface area contributed by atoms with Crippen molar-refractivity contribution in [1.29, 1.82) is 0 Å². The molecule has 0 bridgehead atoms. The van der Waals surface area contributed by atoms with Crippen LogP contribution in [0.3, 0.4) is 0 Å². The lowest BCUT2D eigenvalue weighted by molar-refractivity contribution is 0.414. The normalized spacial score (nSPS) is 12.7. The van der Waals surface area contributed by atoms with Crippen molar-refractivity contribution in [1.82, 2.24) is 10.2 Å². The van der Waals surface area contributed by atoms with Crippen LogP contribution in [0.15, 0.2) is 24.3 Å². The number of hydrogen-bond donors (Lipinski definition) is 1. The molecule has 0 aliphatic rings. The second-order valence-corrected chi connectivity index (χ2v) is 5.91. The van der Waals surface area contributed by atoms with Gasteiger partial charge in [0.25, 0.3) is 0 Å². The molecule has 0 saturated heterocycles. The second kappa shape index (κ2) is 9.23. The summed E-state index contributed by atoms with van der Waals surface area (Å²) in [6.07, 6.45) is 0. The first-order chi connectivity index (χ1) is 9.17. The van der Waals surface area contributed by atoms with Gasteiger partial charge in [0.05, 0.1) is 7.11 Å². The van der Waals surface area contributed by atoms with Crippen LogP contribution in [0.5, 0.6) is 5.75 Å². The first kappa shape index (κ1) is 16.3. The maximum Gasteiger partial charge on any atom is 0.118 e. The van der Waals surface area contributed by atoms with Crippen LogP contribution in [0.25, 0.3) is 0 Å². The summed E-state index contributed by atoms with van der Waals surface area (Å²) in [6.45, 7) is 4.28. The summed E-state index contributed by atoms with van der Waals surface area (Å²) in [5, 5.41) is 3.55. The zero-order valence-corrected chi connectivity index (χ0v) is 13.3. The highest BCUT2D eigenvalue weighted by atomic mass is 32.2. The molecule has 0 spiro atoms. The van der Waals surface area contributed by atoms with Crippen LogP contribution in [0, 0.1) is 0 Å². The molecular weight excluding hydrogens is 256 g/mol. The average Bonchev–Trinajstić information content (AvgIpc) is 2.42. The summed E-state index contributed by atoms with van der Waals surface area (Å²) in [6, 6.07) is 8.79. The molecule has 0 amide bonds. The molecule has 0 radical (unpaired) electrons. The van der Waals surface area contributed by atoms with E-state index in [1.54, 1.807) is 7.11 Å². The Kier molecular flexibility index (Phi) is 7.94. The van der Waals surface area contributed by atoms with E-state index >= 15 is 0 Å². The quantitative estimate of drug-likeness (QED) is 0.704. The molecule has 0 fully saturated rings. The van der Waals surface area contributed by atoms with Gasteiger partial charge in [-0.2, -0.15) is 11.8 Å². The molecule has 3 nitrogen and oxygen atoms in total. The molecule has 0 saturated carbocycles. The molecule has 1 aromatic rings. The van der Waals surface area contributed by atoms with Gasteiger partial charge in [-0.3, -0.25) is 0 Å². The largest absolute Gasteiger partial charge is 0.497 e. The first-order valence-electron chi connectivity index (χ1n) is 6.77. The van der Waals surface area contributed by atoms with Crippen molar-refractivity contribution < 1.29 is 4.74 Å². The second-order valence-electron chi connectivity index (χ2n) is 4.76. The van der Waals surface area contributed by atoms with Crippen LogP contribution >= 0.6 is 11.8 Å². The molecular formula is C15H26N2OS. The Balaban J connectivity index is 2.50. The lowest BCUT2D eigenvalue weighted by Gasteiger charge is -2.19. The predicted octanol–water partition coefficient (Wildman–Crippen LogP) is 2.64. The molecule has 108 valence electrons. The number of ether oxygens (including phenoxy) is 1. The molecule has 1 rings (SSSR count). The summed E-state index contributed by atoms with van der Waals surface area (Å²) >= 11 is 2.00. The number of benzene rings is 1. The molecule has 1 N–H and O–H groups in total. The zero-order valence-electron chi connectivity index (χ0n) is 12.5. The third-order valence-electron chi connectivity index (χ3n) is 2.94. The molecule has 4 heteroatoms. The van der Waals surface area contributed by atoms with Gasteiger partial charge in [-0.1, -0.05) is 19.1 Å². The highest BCUT2D eigenvalue weighted by molar-refractivity contribution is 7.99. The summed E-state index contributed by atoms with van der Waals surface area (Å²) in [5.74, 6) is 3.19. The Bertz CT molecular complexity index is 341. The third kappa shape index (κ3) is 6.32. The summed E-state index contributed by atoms with van der Waals surface area (Å²) < 4.78 is 5.20. The van der Waals surface area contributed by atoms with Crippen LogP contribution in [-0.4, -0.2) is 50.7 Å². The van der Waals surface area contributed by atoms with Crippen LogP contribution in [0.4, 0.5) is 0 Å². The molecule has 19 heavy (non-hydrogen) atoms. The smallest absolute Gasteiger partial charge is 0.118 e. The highest BCUT2D eigenvalue weighted by Crippen LogP contribution is 2.21. The van der Waals surface area contributed by atoms with Gasteiger partial charge in [0, 0.05) is 24.1 Å². The van der Waals surface area contributed by atoms with Crippen molar-refractivity contribution in [3.8, 4) is 5.75 Å². The van der Waals surface area contributed by atoms with Gasteiger partial charge < -0.3 is 15.0 Å². The Hall–Kier alpha value is -0.710. The van der Waals surface area contributed by atoms with E-state index in [2.05, 4.69) is 43.4 Å². The van der Waals surface area contributed by atoms with E-state index in [0.717, 1.165) is 24.6 Å². The van der Waals surface area contributed by atoms with E-state index in [0.29, 0.717) is 6.04 Å². The van der Waals surface area contributed by atoms with E-state index < -0.39 is 0 Å². The minimum absolute atomic E-state index is 0.420. The molecule has 0 aliphatic carbocycles. The van der Waals surface area contributed by atoms with Gasteiger partial charge >= 0.3 is 0 Å². The lowest BCUT2D eigenvalue weighted by atomic mass is 10.1. The highest BCUT2D eigenvalue weighted by Gasteiger charge is 2.10. The minimum atomic E-state index is 0.420. The number of hydrogen-bond acceptors (Lipinski definition) is 4. The average molecular weight is 282 g/mol. The van der Waals surface area contributed by atoms with Crippen molar-refractivity contribution in [2.45, 2.75) is 13.0 Å². The van der Waals surface area contributed by atoms with Crippen molar-refractivity contribution in [3.05, 3.63) is 29.8 Å². The molecule has 0 heterocycles. The number of thioether (sulfide) groups is 1. The van der Waals surface area contributed by atoms with Gasteiger partial charge in [-0.15, -0.1) is 0 Å². The van der Waals surface area contributed by atoms with E-state index in [9.17, 15) is 0 Å². The monoisotopic (exact) mass is 282 g/mol. The van der Waals surface area contributed by atoms with Gasteiger partial charge in [0.2, 0.25) is 0 Å². The maximum atomic E-state index is 5.20. The number of nitrogens with zero attached hydrogens (tertiary/aromatic N) is 1. The maximum absolute atomic E-state index is 5.20. The fraction of sp³-hybridized carbons (Fsp3) is 0.600. The van der Waals surface area contributed by atoms with Gasteiger partial charge in [0.15, 0.2) is 0 Å². The van der Waals surface area contributed by atoms with E-state index in [1.165, 1.54) is 11.3 Å². The standard InChI is InChI=1S/C15H26N2OS/c1-5-16-15(12-19-11-10-17(2)3)13-6-8-14(18-4)9-7-13/h6-9,15-16H,5,10-12H2,1-4H3. The fourth-order valence-electron chi connectivity index (χ4n) is 1.80. The van der Waals surface area contributed by atoms with Crippen molar-refractivity contribution in [2.24, 2.45) is 0 Å². The van der Waals surface area contributed by atoms with Crippen LogP contribution < -0.4 is 10.1 Å². The number of nitrogens with one attached hydrogen (secondary N) is 1. The Morgan fingerprint density at radius 3 is 2.47 bits per heavy atom. The van der Waals surface area contributed by atoms with Crippen LogP contribution in [0.1, 0.15) is 18.5 Å². The molecule has 0 aromatic heterocycles. The van der Waals surface area contributed by atoms with Gasteiger partial charge in [0.1, 0.15) is 5.75 Å². The first-order valence-corrected chi connectivity index (χ1v) is 7.92. The number of methoxy groups -OCH3 is 1. The van der Waals surface area contributed by atoms with Crippen molar-refractivity contribution >= 4 is 11.8 Å². The summed E-state index contributed by atoms with van der Waals surface area (Å²) in [5.41, 5.74) is 1.33. The van der Waals surface area contributed by atoms with Crippen molar-refractivity contribution in [2.75, 3.05) is 45.8 Å². The topological polar surface area (TPSA) is 24.5 Å². The van der Waals surface area contributed by atoms with E-state index in [1.807, 2.05) is 23.9 Å². The number of rotatable bonds is 9. The van der Waals surface area contributed by atoms with Gasteiger partial charge in [-0.25, -0.2) is 0 Å². The molecule has 1 atom stereocenters. The Morgan fingerprint density at radius 2 is 1.95 bits per heavy atom. The molecule has 0 aliphatic heterocycles. The Morgan fingerprint density at radius 1 is 1.26 bits per heavy atom. The minimum Gasteiger partial charge on any atom is -0.497 e. The Labute approximate surface area is 121 Å². The SMILES string of the molecule is CCNC(CSCCN(C)C)c1ccc(OC)cc1. The lowest BCUT2D eigenvalue weighted by Crippen LogP contribution is -2.24. The predicted molar refractivity (Wildman–Crippen MR) is 85.3 cm³/mol.